The van der Waals surface area contributed by atoms with Gasteiger partial charge in [0.25, 0.3) is 5.69 Å². The molecule has 0 amide bonds. The minimum Gasteiger partial charge on any atom is -0.497 e. The highest BCUT2D eigenvalue weighted by Gasteiger charge is 2.24. The Bertz CT molecular complexity index is 1360. The van der Waals surface area contributed by atoms with Gasteiger partial charge in [-0.3, -0.25) is 10.1 Å². The van der Waals surface area contributed by atoms with Crippen LogP contribution in [0.4, 0.5) is 5.69 Å². The number of aromatic amines is 1. The van der Waals surface area contributed by atoms with Crippen molar-refractivity contribution in [3.8, 4) is 16.9 Å². The smallest absolute Gasteiger partial charge is 0.294 e. The molecule has 2 aromatic heterocycles. The first-order chi connectivity index (χ1) is 16.6. The number of nitrogens with zero attached hydrogens (tertiary/aromatic N) is 3. The first-order valence-corrected chi connectivity index (χ1v) is 11.0. The van der Waals surface area contributed by atoms with E-state index in [1.807, 2.05) is 83.6 Å². The molecule has 5 rings (SSSR count). The topological polar surface area (TPSA) is 86.0 Å². The fraction of sp³-hybridized carbons (Fsp3) is 0.148. The lowest BCUT2D eigenvalue weighted by Gasteiger charge is -2.14. The number of hydrogen-bond acceptors (Lipinski definition) is 4. The van der Waals surface area contributed by atoms with E-state index < -0.39 is 0 Å². The molecule has 0 fully saturated rings. The molecule has 7 heteroatoms. The van der Waals surface area contributed by atoms with E-state index in [2.05, 4.69) is 16.9 Å². The molecule has 1 N–H and O–H groups in total. The Kier molecular flexibility index (Phi) is 7.03. The van der Waals surface area contributed by atoms with Crippen LogP contribution in [-0.4, -0.2) is 26.6 Å². The fourth-order valence-electron chi connectivity index (χ4n) is 4.05. The van der Waals surface area contributed by atoms with E-state index in [0.717, 1.165) is 34.2 Å². The van der Waals surface area contributed by atoms with Crippen LogP contribution in [0.1, 0.15) is 25.1 Å². The number of hydrogen-bond donors (Lipinski definition) is 1. The van der Waals surface area contributed by atoms with E-state index in [1.165, 1.54) is 0 Å². The molecule has 0 aliphatic rings. The SMILES string of the molecule is CCC(c1cnc[nH]1)n1cc(-c2cccc3ccccc23)c([N+](=O)[O-])c1.COc1ccccc1. The van der Waals surface area contributed by atoms with E-state index in [9.17, 15) is 10.1 Å². The van der Waals surface area contributed by atoms with Crippen molar-refractivity contribution in [1.29, 1.82) is 0 Å². The van der Waals surface area contributed by atoms with Gasteiger partial charge in [0, 0.05) is 6.20 Å². The van der Waals surface area contributed by atoms with Gasteiger partial charge >= 0.3 is 0 Å². The third kappa shape index (κ3) is 4.83. The van der Waals surface area contributed by atoms with Crippen molar-refractivity contribution in [2.75, 3.05) is 7.11 Å². The zero-order valence-corrected chi connectivity index (χ0v) is 19.1. The highest BCUT2D eigenvalue weighted by atomic mass is 16.6. The van der Waals surface area contributed by atoms with Gasteiger partial charge in [-0.2, -0.15) is 0 Å². The number of imidazole rings is 1. The zero-order chi connectivity index (χ0) is 23.9. The van der Waals surface area contributed by atoms with Crippen molar-refractivity contribution >= 4 is 16.5 Å². The van der Waals surface area contributed by atoms with Crippen LogP contribution in [-0.2, 0) is 0 Å². The number of benzene rings is 3. The number of fused-ring (bicyclic) bond motifs is 1. The average molecular weight is 455 g/mol. The molecule has 0 saturated heterocycles. The second kappa shape index (κ2) is 10.5. The Morgan fingerprint density at radius 2 is 1.74 bits per heavy atom. The Labute approximate surface area is 197 Å². The van der Waals surface area contributed by atoms with E-state index in [-0.39, 0.29) is 16.7 Å². The maximum Gasteiger partial charge on any atom is 0.294 e. The van der Waals surface area contributed by atoms with E-state index in [4.69, 9.17) is 4.74 Å². The van der Waals surface area contributed by atoms with Crippen LogP contribution in [0.25, 0.3) is 21.9 Å². The molecule has 34 heavy (non-hydrogen) atoms. The number of H-pyrrole nitrogens is 1. The third-order valence-corrected chi connectivity index (χ3v) is 5.71. The van der Waals surface area contributed by atoms with Gasteiger partial charge in [-0.15, -0.1) is 0 Å². The van der Waals surface area contributed by atoms with Crippen molar-refractivity contribution < 1.29 is 9.66 Å². The van der Waals surface area contributed by atoms with Gasteiger partial charge in [0.1, 0.15) is 5.75 Å². The molecule has 5 aromatic rings. The Morgan fingerprint density at radius 3 is 2.38 bits per heavy atom. The number of nitrogens with one attached hydrogen (secondary N) is 1. The number of para-hydroxylation sites is 1. The summed E-state index contributed by atoms with van der Waals surface area (Å²) in [6.07, 6.45) is 7.67. The molecular weight excluding hydrogens is 428 g/mol. The summed E-state index contributed by atoms with van der Waals surface area (Å²) in [5.41, 5.74) is 2.54. The highest BCUT2D eigenvalue weighted by molar-refractivity contribution is 5.98. The number of methoxy groups -OCH3 is 1. The zero-order valence-electron chi connectivity index (χ0n) is 19.1. The van der Waals surface area contributed by atoms with Crippen molar-refractivity contribution in [2.24, 2.45) is 0 Å². The average Bonchev–Trinajstić information content (AvgIpc) is 3.56. The van der Waals surface area contributed by atoms with Crippen LogP contribution < -0.4 is 4.74 Å². The summed E-state index contributed by atoms with van der Waals surface area (Å²) < 4.78 is 6.82. The van der Waals surface area contributed by atoms with Crippen molar-refractivity contribution in [1.82, 2.24) is 14.5 Å². The summed E-state index contributed by atoms with van der Waals surface area (Å²) in [5, 5.41) is 13.8. The Hall–Kier alpha value is -4.39. The Balaban J connectivity index is 0.000000291. The number of nitro groups is 1. The fourth-order valence-corrected chi connectivity index (χ4v) is 4.05. The molecule has 0 bridgehead atoms. The van der Waals surface area contributed by atoms with Crippen LogP contribution >= 0.6 is 0 Å². The molecular formula is C27H26N4O3. The second-order valence-electron chi connectivity index (χ2n) is 7.74. The molecule has 1 unspecified atom stereocenters. The van der Waals surface area contributed by atoms with E-state index in [1.54, 1.807) is 25.8 Å². The van der Waals surface area contributed by atoms with E-state index in [0.29, 0.717) is 5.56 Å². The molecule has 0 radical (unpaired) electrons. The minimum absolute atomic E-state index is 0.0278. The van der Waals surface area contributed by atoms with Gasteiger partial charge in [0.2, 0.25) is 0 Å². The molecule has 172 valence electrons. The van der Waals surface area contributed by atoms with Crippen LogP contribution in [0, 0.1) is 10.1 Å². The maximum absolute atomic E-state index is 11.7. The van der Waals surface area contributed by atoms with Crippen molar-refractivity contribution in [3.05, 3.63) is 114 Å². The van der Waals surface area contributed by atoms with Gasteiger partial charge in [0.15, 0.2) is 0 Å². The second-order valence-corrected chi connectivity index (χ2v) is 7.74. The monoisotopic (exact) mass is 454 g/mol. The summed E-state index contributed by atoms with van der Waals surface area (Å²) in [6, 6.07) is 23.5. The van der Waals surface area contributed by atoms with Gasteiger partial charge in [-0.1, -0.05) is 67.6 Å². The number of aromatic nitrogens is 3. The first kappa shape index (κ1) is 22.8. The standard InChI is InChI=1S/C20H18N4O2.C7H8O/c1-2-19(18-10-21-13-22-18)23-11-17(20(12-23)24(25)26)16-9-5-7-14-6-3-4-8-15(14)16;1-8-7-5-3-2-4-6-7/h3-13,19H,2H2,1H3,(H,21,22);2-6H,1H3. The third-order valence-electron chi connectivity index (χ3n) is 5.71. The molecule has 0 spiro atoms. The quantitative estimate of drug-likeness (QED) is 0.230. The van der Waals surface area contributed by atoms with Gasteiger partial charge in [-0.05, 0) is 34.9 Å². The molecule has 0 saturated carbocycles. The largest absolute Gasteiger partial charge is 0.497 e. The summed E-state index contributed by atoms with van der Waals surface area (Å²) in [6.45, 7) is 2.05. The summed E-state index contributed by atoms with van der Waals surface area (Å²) in [5.74, 6) is 0.910. The van der Waals surface area contributed by atoms with Crippen LogP contribution in [0.15, 0.2) is 97.7 Å². The normalized spacial score (nSPS) is 11.5. The Morgan fingerprint density at radius 1 is 1.00 bits per heavy atom. The molecule has 1 atom stereocenters. The summed E-state index contributed by atoms with van der Waals surface area (Å²) in [4.78, 5) is 18.6. The number of rotatable bonds is 6. The first-order valence-electron chi connectivity index (χ1n) is 11.0. The van der Waals surface area contributed by atoms with Crippen LogP contribution in [0.3, 0.4) is 0 Å². The predicted octanol–water partition coefficient (Wildman–Crippen LogP) is 6.63. The van der Waals surface area contributed by atoms with Gasteiger partial charge < -0.3 is 14.3 Å². The van der Waals surface area contributed by atoms with Crippen LogP contribution in [0.5, 0.6) is 5.75 Å². The van der Waals surface area contributed by atoms with E-state index >= 15 is 0 Å². The molecule has 7 nitrogen and oxygen atoms in total. The molecule has 2 heterocycles. The van der Waals surface area contributed by atoms with Gasteiger partial charge in [0.05, 0.1) is 48.1 Å². The minimum atomic E-state index is -0.312. The molecule has 3 aromatic carbocycles. The summed E-state index contributed by atoms with van der Waals surface area (Å²) >= 11 is 0. The molecule has 0 aliphatic heterocycles. The highest BCUT2D eigenvalue weighted by Crippen LogP contribution is 2.37. The lowest BCUT2D eigenvalue weighted by Crippen LogP contribution is -2.07. The van der Waals surface area contributed by atoms with Crippen molar-refractivity contribution in [3.63, 3.8) is 0 Å². The predicted molar refractivity (Wildman–Crippen MR) is 134 cm³/mol. The van der Waals surface area contributed by atoms with Crippen LogP contribution in [0.2, 0.25) is 0 Å². The lowest BCUT2D eigenvalue weighted by atomic mass is 9.99. The van der Waals surface area contributed by atoms with Gasteiger partial charge in [-0.25, -0.2) is 4.98 Å². The lowest BCUT2D eigenvalue weighted by molar-refractivity contribution is -0.384. The van der Waals surface area contributed by atoms with Crippen molar-refractivity contribution in [2.45, 2.75) is 19.4 Å². The molecule has 0 aliphatic carbocycles. The summed E-state index contributed by atoms with van der Waals surface area (Å²) in [7, 11) is 1.66. The maximum atomic E-state index is 11.7. The number of ether oxygens (including phenoxy) is 1.